The van der Waals surface area contributed by atoms with E-state index in [1.54, 1.807) is 0 Å². The molecule has 0 spiro atoms. The van der Waals surface area contributed by atoms with Crippen molar-refractivity contribution in [2.45, 2.75) is 24.2 Å². The summed E-state index contributed by atoms with van der Waals surface area (Å²) >= 11 is 0. The first-order chi connectivity index (χ1) is 9.80. The largest absolute Gasteiger partial charge is 0.304 e. The zero-order valence-corrected chi connectivity index (χ0v) is 13.0. The lowest BCUT2D eigenvalue weighted by atomic mass is 10.2. The Morgan fingerprint density at radius 1 is 1.00 bits per heavy atom. The number of primary sulfonamides is 1. The summed E-state index contributed by atoms with van der Waals surface area (Å²) in [5.74, 6) is 0. The maximum absolute atomic E-state index is 12.6. The third-order valence-electron chi connectivity index (χ3n) is 3.90. The van der Waals surface area contributed by atoms with Crippen LogP contribution in [0.2, 0.25) is 0 Å². The molecule has 0 unspecified atom stereocenters. The molecule has 1 aromatic carbocycles. The van der Waals surface area contributed by atoms with Crippen LogP contribution in [-0.4, -0.2) is 40.8 Å². The fourth-order valence-electron chi connectivity index (χ4n) is 2.82. The molecule has 0 aliphatic carbocycles. The highest BCUT2D eigenvalue weighted by Crippen LogP contribution is 2.33. The van der Waals surface area contributed by atoms with E-state index in [9.17, 15) is 16.8 Å². The second kappa shape index (κ2) is 4.94. The Labute approximate surface area is 124 Å². The van der Waals surface area contributed by atoms with Crippen LogP contribution in [0.25, 0.3) is 0 Å². The number of fused-ring (bicyclic) bond motifs is 1. The normalized spacial score (nSPS) is 20.0. The number of anilines is 1. The van der Waals surface area contributed by atoms with Gasteiger partial charge >= 0.3 is 10.2 Å². The van der Waals surface area contributed by atoms with E-state index in [1.165, 1.54) is 26.8 Å². The van der Waals surface area contributed by atoms with Gasteiger partial charge in [0.15, 0.2) is 0 Å². The van der Waals surface area contributed by atoms with Gasteiger partial charge in [-0.3, -0.25) is 4.31 Å². The van der Waals surface area contributed by atoms with Crippen LogP contribution < -0.4 is 9.44 Å². The molecule has 0 aromatic heterocycles. The molecule has 21 heavy (non-hydrogen) atoms. The maximum atomic E-state index is 12.6. The molecule has 1 saturated heterocycles. The number of nitrogens with two attached hydrogens (primary N) is 1. The van der Waals surface area contributed by atoms with Crippen molar-refractivity contribution in [2.75, 3.05) is 23.9 Å². The summed E-state index contributed by atoms with van der Waals surface area (Å²) < 4.78 is 50.7. The first-order valence-electron chi connectivity index (χ1n) is 6.74. The SMILES string of the molecule is NS(=O)(=O)c1ccc2c(c1)CCN2S(=O)(=O)N1CCCC1. The molecule has 2 heterocycles. The van der Waals surface area contributed by atoms with Crippen molar-refractivity contribution in [3.63, 3.8) is 0 Å². The van der Waals surface area contributed by atoms with Gasteiger partial charge in [0, 0.05) is 19.6 Å². The molecule has 116 valence electrons. The molecule has 0 bridgehead atoms. The summed E-state index contributed by atoms with van der Waals surface area (Å²) in [4.78, 5) is 0.0154. The van der Waals surface area contributed by atoms with E-state index in [-0.39, 0.29) is 4.90 Å². The van der Waals surface area contributed by atoms with Crippen LogP contribution in [0, 0.1) is 0 Å². The van der Waals surface area contributed by atoms with E-state index >= 15 is 0 Å². The van der Waals surface area contributed by atoms with Gasteiger partial charge in [0.25, 0.3) is 0 Å². The Morgan fingerprint density at radius 2 is 1.67 bits per heavy atom. The topological polar surface area (TPSA) is 101 Å². The van der Waals surface area contributed by atoms with Crippen molar-refractivity contribution in [3.8, 4) is 0 Å². The minimum atomic E-state index is -3.77. The smallest absolute Gasteiger partial charge is 0.257 e. The second-order valence-corrected chi connectivity index (χ2v) is 8.69. The molecule has 2 aliphatic rings. The van der Waals surface area contributed by atoms with Crippen molar-refractivity contribution in [1.29, 1.82) is 0 Å². The molecule has 2 N–H and O–H groups in total. The number of rotatable bonds is 3. The molecule has 0 atom stereocenters. The first-order valence-corrected chi connectivity index (χ1v) is 9.68. The van der Waals surface area contributed by atoms with Crippen molar-refractivity contribution in [3.05, 3.63) is 23.8 Å². The Balaban J connectivity index is 1.98. The zero-order chi connectivity index (χ0) is 15.3. The quantitative estimate of drug-likeness (QED) is 0.845. The fourth-order valence-corrected chi connectivity index (χ4v) is 5.13. The van der Waals surface area contributed by atoms with Gasteiger partial charge < -0.3 is 0 Å². The molecule has 1 fully saturated rings. The van der Waals surface area contributed by atoms with Gasteiger partial charge in [-0.25, -0.2) is 13.6 Å². The summed E-state index contributed by atoms with van der Waals surface area (Å²) in [6.45, 7) is 1.43. The predicted octanol–water partition coefficient (Wildman–Crippen LogP) is 0.0371. The van der Waals surface area contributed by atoms with Gasteiger partial charge in [-0.05, 0) is 43.0 Å². The van der Waals surface area contributed by atoms with Crippen LogP contribution >= 0.6 is 0 Å². The molecule has 0 amide bonds. The summed E-state index contributed by atoms with van der Waals surface area (Å²) in [5, 5.41) is 5.10. The van der Waals surface area contributed by atoms with Crippen LogP contribution in [-0.2, 0) is 26.7 Å². The van der Waals surface area contributed by atoms with Crippen molar-refractivity contribution >= 4 is 25.9 Å². The Bertz CT molecular complexity index is 768. The summed E-state index contributed by atoms with van der Waals surface area (Å²) in [5.41, 5.74) is 1.25. The molecular formula is C12H17N3O4S2. The molecule has 7 nitrogen and oxygen atoms in total. The third-order valence-corrected chi connectivity index (χ3v) is 6.77. The zero-order valence-electron chi connectivity index (χ0n) is 11.4. The number of sulfonamides is 1. The third kappa shape index (κ3) is 2.54. The van der Waals surface area contributed by atoms with E-state index in [0.29, 0.717) is 37.3 Å². The van der Waals surface area contributed by atoms with Crippen LogP contribution in [0.15, 0.2) is 23.1 Å². The molecule has 3 rings (SSSR count). The van der Waals surface area contributed by atoms with Gasteiger partial charge in [0.1, 0.15) is 0 Å². The Hall–Kier alpha value is -1.16. The monoisotopic (exact) mass is 331 g/mol. The van der Waals surface area contributed by atoms with Crippen LogP contribution in [0.1, 0.15) is 18.4 Å². The van der Waals surface area contributed by atoms with Crippen LogP contribution in [0.3, 0.4) is 0 Å². The summed E-state index contributed by atoms with van der Waals surface area (Å²) in [6.07, 6.45) is 2.25. The Morgan fingerprint density at radius 3 is 2.29 bits per heavy atom. The number of nitrogens with zero attached hydrogens (tertiary/aromatic N) is 2. The van der Waals surface area contributed by atoms with Crippen molar-refractivity contribution in [1.82, 2.24) is 4.31 Å². The van der Waals surface area contributed by atoms with E-state index < -0.39 is 20.2 Å². The molecule has 0 saturated carbocycles. The summed E-state index contributed by atoms with van der Waals surface area (Å²) in [7, 11) is -7.29. The molecule has 2 aliphatic heterocycles. The number of hydrogen-bond acceptors (Lipinski definition) is 4. The van der Waals surface area contributed by atoms with Gasteiger partial charge in [-0.1, -0.05) is 0 Å². The minimum Gasteiger partial charge on any atom is -0.257 e. The average Bonchev–Trinajstić information content (AvgIpc) is 3.07. The average molecular weight is 331 g/mol. The maximum Gasteiger partial charge on any atom is 0.304 e. The predicted molar refractivity (Wildman–Crippen MR) is 78.6 cm³/mol. The van der Waals surface area contributed by atoms with E-state index in [4.69, 9.17) is 5.14 Å². The number of hydrogen-bond donors (Lipinski definition) is 1. The second-order valence-electron chi connectivity index (χ2n) is 5.27. The van der Waals surface area contributed by atoms with Gasteiger partial charge in [-0.2, -0.15) is 12.7 Å². The van der Waals surface area contributed by atoms with Gasteiger partial charge in [0.05, 0.1) is 10.6 Å². The molecule has 0 radical (unpaired) electrons. The van der Waals surface area contributed by atoms with Gasteiger partial charge in [-0.15, -0.1) is 0 Å². The highest BCUT2D eigenvalue weighted by molar-refractivity contribution is 7.90. The van der Waals surface area contributed by atoms with E-state index in [1.807, 2.05) is 0 Å². The van der Waals surface area contributed by atoms with E-state index in [0.717, 1.165) is 12.8 Å². The first kappa shape index (κ1) is 14.8. The molecule has 1 aromatic rings. The fraction of sp³-hybridized carbons (Fsp3) is 0.500. The lowest BCUT2D eigenvalue weighted by Gasteiger charge is -2.25. The molecule has 9 heteroatoms. The van der Waals surface area contributed by atoms with Crippen molar-refractivity contribution < 1.29 is 16.8 Å². The lowest BCUT2D eigenvalue weighted by molar-refractivity contribution is 0.474. The lowest BCUT2D eigenvalue weighted by Crippen LogP contribution is -2.41. The number of benzene rings is 1. The highest BCUT2D eigenvalue weighted by atomic mass is 32.2. The minimum absolute atomic E-state index is 0.0154. The van der Waals surface area contributed by atoms with Gasteiger partial charge in [0.2, 0.25) is 10.0 Å². The molecular weight excluding hydrogens is 314 g/mol. The Kier molecular flexibility index (Phi) is 3.47. The van der Waals surface area contributed by atoms with Crippen molar-refractivity contribution in [2.24, 2.45) is 5.14 Å². The van der Waals surface area contributed by atoms with Crippen LogP contribution in [0.5, 0.6) is 0 Å². The summed E-state index contributed by atoms with van der Waals surface area (Å²) in [6, 6.07) is 4.34. The van der Waals surface area contributed by atoms with Crippen LogP contribution in [0.4, 0.5) is 5.69 Å². The highest BCUT2D eigenvalue weighted by Gasteiger charge is 2.35. The standard InChI is InChI=1S/C12H17N3O4S2/c13-20(16,17)11-3-4-12-10(9-11)5-8-15(12)21(18,19)14-6-1-2-7-14/h3-4,9H,1-2,5-8H2,(H2,13,16,17). The van der Waals surface area contributed by atoms with E-state index in [2.05, 4.69) is 0 Å².